The lowest BCUT2D eigenvalue weighted by atomic mass is 10.2. The number of thioether (sulfide) groups is 1. The molecule has 1 aliphatic rings. The van der Waals surface area contributed by atoms with E-state index in [1.807, 2.05) is 50.2 Å². The molecule has 0 aliphatic carbocycles. The minimum atomic E-state index is -0.285. The van der Waals surface area contributed by atoms with Gasteiger partial charge in [0.15, 0.2) is 0 Å². The number of benzene rings is 2. The van der Waals surface area contributed by atoms with Crippen molar-refractivity contribution in [3.63, 3.8) is 0 Å². The molecular formula is C21H19I2NO4S. The Morgan fingerprint density at radius 3 is 2.48 bits per heavy atom. The summed E-state index contributed by atoms with van der Waals surface area (Å²) in [5, 5.41) is -0.274. The van der Waals surface area contributed by atoms with E-state index in [1.54, 1.807) is 6.08 Å². The number of hydrogen-bond donors (Lipinski definition) is 0. The van der Waals surface area contributed by atoms with Gasteiger partial charge >= 0.3 is 0 Å². The first-order chi connectivity index (χ1) is 13.9. The fourth-order valence-electron chi connectivity index (χ4n) is 2.75. The quantitative estimate of drug-likeness (QED) is 0.288. The SMILES string of the molecule is CCOc1c(I)cc(/C=C2\SC(=O)N(CCOc3cccc(C)c3)C2=O)cc1I. The van der Waals surface area contributed by atoms with Crippen LogP contribution in [0.3, 0.4) is 0 Å². The second kappa shape index (κ2) is 10.2. The number of carbonyl (C=O) groups excluding carboxylic acids is 2. The third kappa shape index (κ3) is 5.66. The normalized spacial score (nSPS) is 15.3. The van der Waals surface area contributed by atoms with E-state index in [9.17, 15) is 9.59 Å². The molecule has 29 heavy (non-hydrogen) atoms. The molecule has 1 heterocycles. The van der Waals surface area contributed by atoms with Crippen molar-refractivity contribution in [2.24, 2.45) is 0 Å². The van der Waals surface area contributed by atoms with E-state index in [0.717, 1.165) is 41.5 Å². The number of imide groups is 1. The lowest BCUT2D eigenvalue weighted by molar-refractivity contribution is -0.123. The highest BCUT2D eigenvalue weighted by molar-refractivity contribution is 14.1. The van der Waals surface area contributed by atoms with Crippen molar-refractivity contribution in [1.82, 2.24) is 4.90 Å². The number of rotatable bonds is 7. The summed E-state index contributed by atoms with van der Waals surface area (Å²) in [5.74, 6) is 1.28. The van der Waals surface area contributed by atoms with Gasteiger partial charge in [-0.1, -0.05) is 12.1 Å². The van der Waals surface area contributed by atoms with E-state index in [4.69, 9.17) is 9.47 Å². The summed E-state index contributed by atoms with van der Waals surface area (Å²) in [6, 6.07) is 11.6. The molecule has 0 N–H and O–H groups in total. The number of aryl methyl sites for hydroxylation is 1. The standard InChI is InChI=1S/C21H19I2NO4S/c1-3-27-19-16(22)10-14(11-17(19)23)12-18-20(25)24(21(26)29-18)7-8-28-15-6-4-5-13(2)9-15/h4-6,9-12H,3,7-8H2,1-2H3/b18-12-. The Morgan fingerprint density at radius 2 is 1.83 bits per heavy atom. The zero-order valence-corrected chi connectivity index (χ0v) is 21.0. The second-order valence-corrected chi connectivity index (χ2v) is 9.56. The Balaban J connectivity index is 1.68. The average Bonchev–Trinajstić information content (AvgIpc) is 2.92. The van der Waals surface area contributed by atoms with Crippen LogP contribution in [-0.4, -0.2) is 35.8 Å². The van der Waals surface area contributed by atoms with Crippen LogP contribution in [0.1, 0.15) is 18.1 Å². The Hall–Kier alpha value is -1.27. The molecule has 1 saturated heterocycles. The number of ether oxygens (including phenoxy) is 2. The van der Waals surface area contributed by atoms with Crippen molar-refractivity contribution in [2.45, 2.75) is 13.8 Å². The van der Waals surface area contributed by atoms with Crippen LogP contribution in [0.2, 0.25) is 0 Å². The Labute approximate surface area is 201 Å². The maximum Gasteiger partial charge on any atom is 0.293 e. The van der Waals surface area contributed by atoms with Crippen LogP contribution in [-0.2, 0) is 4.79 Å². The van der Waals surface area contributed by atoms with Gasteiger partial charge in [0.2, 0.25) is 0 Å². The van der Waals surface area contributed by atoms with Gasteiger partial charge in [0.05, 0.1) is 25.2 Å². The van der Waals surface area contributed by atoms with Crippen LogP contribution in [0.5, 0.6) is 11.5 Å². The van der Waals surface area contributed by atoms with Gasteiger partial charge in [-0.25, -0.2) is 0 Å². The van der Waals surface area contributed by atoms with E-state index in [-0.39, 0.29) is 24.3 Å². The molecule has 0 aromatic heterocycles. The summed E-state index contributed by atoms with van der Waals surface area (Å²) in [6.07, 6.45) is 1.76. The van der Waals surface area contributed by atoms with Gasteiger partial charge in [-0.3, -0.25) is 14.5 Å². The van der Waals surface area contributed by atoms with E-state index in [1.165, 1.54) is 4.90 Å². The van der Waals surface area contributed by atoms with Crippen molar-refractivity contribution in [3.05, 3.63) is 59.6 Å². The number of nitrogens with zero attached hydrogens (tertiary/aromatic N) is 1. The minimum Gasteiger partial charge on any atom is -0.492 e. The summed E-state index contributed by atoms with van der Waals surface area (Å²) in [7, 11) is 0. The van der Waals surface area contributed by atoms with Gasteiger partial charge in [-0.05, 0) is 112 Å². The zero-order chi connectivity index (χ0) is 21.0. The molecule has 152 valence electrons. The van der Waals surface area contributed by atoms with Crippen LogP contribution in [0, 0.1) is 14.1 Å². The van der Waals surface area contributed by atoms with Crippen LogP contribution >= 0.6 is 56.9 Å². The number of hydrogen-bond acceptors (Lipinski definition) is 5. The lowest BCUT2D eigenvalue weighted by Crippen LogP contribution is -2.32. The molecule has 2 aromatic carbocycles. The van der Waals surface area contributed by atoms with Crippen LogP contribution in [0.4, 0.5) is 4.79 Å². The summed E-state index contributed by atoms with van der Waals surface area (Å²) in [5.41, 5.74) is 1.96. The predicted octanol–water partition coefficient (Wildman–Crippen LogP) is 5.72. The summed E-state index contributed by atoms with van der Waals surface area (Å²) < 4.78 is 13.3. The van der Waals surface area contributed by atoms with Gasteiger partial charge in [-0.15, -0.1) is 0 Å². The van der Waals surface area contributed by atoms with E-state index in [2.05, 4.69) is 45.2 Å². The fraction of sp³-hybridized carbons (Fsp3) is 0.238. The van der Waals surface area contributed by atoms with Crippen molar-refractivity contribution < 1.29 is 19.1 Å². The highest BCUT2D eigenvalue weighted by atomic mass is 127. The average molecular weight is 635 g/mol. The third-order valence-corrected chi connectivity index (χ3v) is 6.56. The largest absolute Gasteiger partial charge is 0.492 e. The van der Waals surface area contributed by atoms with E-state index in [0.29, 0.717) is 11.5 Å². The Bertz CT molecular complexity index is 954. The Kier molecular flexibility index (Phi) is 7.85. The lowest BCUT2D eigenvalue weighted by Gasteiger charge is -2.13. The summed E-state index contributed by atoms with van der Waals surface area (Å²) in [4.78, 5) is 26.6. The third-order valence-electron chi connectivity index (χ3n) is 4.05. The molecule has 0 spiro atoms. The van der Waals surface area contributed by atoms with Crippen molar-refractivity contribution in [2.75, 3.05) is 19.8 Å². The molecule has 8 heteroatoms. The highest BCUT2D eigenvalue weighted by Crippen LogP contribution is 2.34. The van der Waals surface area contributed by atoms with Crippen molar-refractivity contribution in [3.8, 4) is 11.5 Å². The number of amides is 2. The van der Waals surface area contributed by atoms with Gasteiger partial charge in [-0.2, -0.15) is 0 Å². The topological polar surface area (TPSA) is 55.8 Å². The molecule has 0 saturated carbocycles. The molecule has 0 unspecified atom stereocenters. The first-order valence-electron chi connectivity index (χ1n) is 8.95. The monoisotopic (exact) mass is 635 g/mol. The van der Waals surface area contributed by atoms with Gasteiger partial charge in [0, 0.05) is 0 Å². The molecule has 5 nitrogen and oxygen atoms in total. The zero-order valence-electron chi connectivity index (χ0n) is 15.9. The molecular weight excluding hydrogens is 616 g/mol. The smallest absolute Gasteiger partial charge is 0.293 e. The molecule has 3 rings (SSSR count). The van der Waals surface area contributed by atoms with E-state index < -0.39 is 0 Å². The van der Waals surface area contributed by atoms with Crippen LogP contribution < -0.4 is 9.47 Å². The molecule has 1 aliphatic heterocycles. The van der Waals surface area contributed by atoms with Crippen LogP contribution in [0.25, 0.3) is 6.08 Å². The van der Waals surface area contributed by atoms with E-state index >= 15 is 0 Å². The molecule has 1 fully saturated rings. The molecule has 2 amide bonds. The molecule has 0 bridgehead atoms. The minimum absolute atomic E-state index is 0.217. The molecule has 2 aromatic rings. The van der Waals surface area contributed by atoms with Crippen molar-refractivity contribution >= 4 is 74.2 Å². The first kappa shape index (κ1) is 22.4. The second-order valence-electron chi connectivity index (χ2n) is 6.25. The number of halogens is 2. The Morgan fingerprint density at radius 1 is 1.10 bits per heavy atom. The summed E-state index contributed by atoms with van der Waals surface area (Å²) >= 11 is 5.39. The fourth-order valence-corrected chi connectivity index (χ4v) is 5.74. The van der Waals surface area contributed by atoms with Crippen LogP contribution in [0.15, 0.2) is 41.3 Å². The molecule has 0 atom stereocenters. The summed E-state index contributed by atoms with van der Waals surface area (Å²) in [6.45, 7) is 4.99. The van der Waals surface area contributed by atoms with Gasteiger partial charge in [0.1, 0.15) is 18.1 Å². The van der Waals surface area contributed by atoms with Gasteiger partial charge in [0.25, 0.3) is 11.1 Å². The predicted molar refractivity (Wildman–Crippen MR) is 132 cm³/mol. The molecule has 0 radical (unpaired) electrons. The highest BCUT2D eigenvalue weighted by Gasteiger charge is 2.34. The van der Waals surface area contributed by atoms with Gasteiger partial charge < -0.3 is 9.47 Å². The first-order valence-corrected chi connectivity index (χ1v) is 11.9. The maximum absolute atomic E-state index is 12.7. The van der Waals surface area contributed by atoms with Crippen molar-refractivity contribution in [1.29, 1.82) is 0 Å². The number of carbonyl (C=O) groups is 2. The maximum atomic E-state index is 12.7.